The van der Waals surface area contributed by atoms with Gasteiger partial charge in [0.25, 0.3) is 0 Å². The maximum Gasteiger partial charge on any atom is 0.195 e. The minimum absolute atomic E-state index is 0.756. The van der Waals surface area contributed by atoms with Crippen molar-refractivity contribution >= 4 is 12.2 Å². The van der Waals surface area contributed by atoms with Crippen molar-refractivity contribution in [2.75, 3.05) is 0 Å². The Balaban J connectivity index is 2.17. The Labute approximate surface area is 76.8 Å². The highest BCUT2D eigenvalue weighted by molar-refractivity contribution is 7.71. The molecular formula is C8H13N3S. The number of nitrogens with zero attached hydrogens (tertiary/aromatic N) is 2. The van der Waals surface area contributed by atoms with Crippen molar-refractivity contribution < 1.29 is 0 Å². The number of hydrogen-bond donors (Lipinski definition) is 1. The lowest BCUT2D eigenvalue weighted by atomic mass is 10.3. The first kappa shape index (κ1) is 7.98. The molecular weight excluding hydrogens is 170 g/mol. The van der Waals surface area contributed by atoms with Crippen LogP contribution in [0.2, 0.25) is 0 Å². The number of nitrogens with one attached hydrogen (secondary N) is 1. The molecule has 1 saturated carbocycles. The summed E-state index contributed by atoms with van der Waals surface area (Å²) in [5.41, 5.74) is 0. The fourth-order valence-electron chi connectivity index (χ4n) is 1.50. The van der Waals surface area contributed by atoms with Crippen LogP contribution in [-0.2, 0) is 6.54 Å². The number of aryl methyl sites for hydroxylation is 1. The predicted molar refractivity (Wildman–Crippen MR) is 49.4 cm³/mol. The first-order valence-electron chi connectivity index (χ1n) is 4.30. The molecule has 3 nitrogen and oxygen atoms in total. The van der Waals surface area contributed by atoms with Gasteiger partial charge in [-0.3, -0.25) is 5.10 Å². The second kappa shape index (κ2) is 2.69. The average Bonchev–Trinajstić information content (AvgIpc) is 2.63. The summed E-state index contributed by atoms with van der Waals surface area (Å²) in [6.07, 6.45) is 1.34. The minimum Gasteiger partial charge on any atom is -0.304 e. The molecule has 4 heteroatoms. The van der Waals surface area contributed by atoms with E-state index in [2.05, 4.69) is 21.7 Å². The van der Waals surface area contributed by atoms with E-state index < -0.39 is 0 Å². The van der Waals surface area contributed by atoms with Gasteiger partial charge in [-0.05, 0) is 37.4 Å². The molecule has 0 bridgehead atoms. The van der Waals surface area contributed by atoms with Gasteiger partial charge in [-0.15, -0.1) is 0 Å². The Morgan fingerprint density at radius 2 is 2.42 bits per heavy atom. The van der Waals surface area contributed by atoms with Gasteiger partial charge in [-0.2, -0.15) is 5.10 Å². The average molecular weight is 183 g/mol. The summed E-state index contributed by atoms with van der Waals surface area (Å²) in [6, 6.07) is 0. The fourth-order valence-corrected chi connectivity index (χ4v) is 1.75. The van der Waals surface area contributed by atoms with E-state index in [4.69, 9.17) is 12.2 Å². The van der Waals surface area contributed by atoms with Gasteiger partial charge in [0.15, 0.2) is 4.77 Å². The Morgan fingerprint density at radius 3 is 2.83 bits per heavy atom. The number of aromatic nitrogens is 3. The topological polar surface area (TPSA) is 33.6 Å². The summed E-state index contributed by atoms with van der Waals surface area (Å²) in [5, 5.41) is 6.87. The normalized spacial score (nSPS) is 27.5. The highest BCUT2D eigenvalue weighted by Gasteiger charge is 2.33. The van der Waals surface area contributed by atoms with Gasteiger partial charge in [0.2, 0.25) is 0 Å². The largest absolute Gasteiger partial charge is 0.304 e. The molecule has 0 radical (unpaired) electrons. The van der Waals surface area contributed by atoms with E-state index in [1.54, 1.807) is 0 Å². The van der Waals surface area contributed by atoms with Gasteiger partial charge in [0, 0.05) is 6.54 Å². The molecule has 2 unspecified atom stereocenters. The van der Waals surface area contributed by atoms with Gasteiger partial charge in [-0.25, -0.2) is 0 Å². The lowest BCUT2D eigenvalue weighted by Gasteiger charge is -2.00. The van der Waals surface area contributed by atoms with Gasteiger partial charge < -0.3 is 4.57 Å². The minimum atomic E-state index is 0.756. The summed E-state index contributed by atoms with van der Waals surface area (Å²) in [6.45, 7) is 5.31. The Morgan fingerprint density at radius 1 is 1.75 bits per heavy atom. The zero-order chi connectivity index (χ0) is 8.72. The van der Waals surface area contributed by atoms with Crippen molar-refractivity contribution in [1.82, 2.24) is 14.8 Å². The van der Waals surface area contributed by atoms with E-state index in [0.717, 1.165) is 29.0 Å². The molecule has 1 fully saturated rings. The number of aromatic amines is 1. The summed E-state index contributed by atoms with van der Waals surface area (Å²) in [4.78, 5) is 0. The van der Waals surface area contributed by atoms with Crippen molar-refractivity contribution in [2.24, 2.45) is 11.8 Å². The van der Waals surface area contributed by atoms with E-state index in [1.807, 2.05) is 6.92 Å². The number of H-pyrrole nitrogens is 1. The third-order valence-corrected chi connectivity index (χ3v) is 2.95. The van der Waals surface area contributed by atoms with Crippen molar-refractivity contribution in [2.45, 2.75) is 26.8 Å². The summed E-state index contributed by atoms with van der Waals surface area (Å²) in [5.74, 6) is 2.70. The van der Waals surface area contributed by atoms with Crippen molar-refractivity contribution in [1.29, 1.82) is 0 Å². The van der Waals surface area contributed by atoms with Crippen LogP contribution in [0.5, 0.6) is 0 Å². The van der Waals surface area contributed by atoms with E-state index in [-0.39, 0.29) is 0 Å². The Bertz CT molecular complexity index is 338. The highest BCUT2D eigenvalue weighted by atomic mass is 32.1. The van der Waals surface area contributed by atoms with Gasteiger partial charge in [0.1, 0.15) is 5.82 Å². The molecule has 0 aromatic carbocycles. The molecule has 2 rings (SSSR count). The molecule has 1 aliphatic rings. The van der Waals surface area contributed by atoms with Crippen LogP contribution in [0.1, 0.15) is 19.2 Å². The van der Waals surface area contributed by atoms with Crippen LogP contribution in [0.15, 0.2) is 0 Å². The molecule has 12 heavy (non-hydrogen) atoms. The third kappa shape index (κ3) is 1.31. The fraction of sp³-hybridized carbons (Fsp3) is 0.750. The summed E-state index contributed by atoms with van der Waals surface area (Å²) in [7, 11) is 0. The van der Waals surface area contributed by atoms with Crippen molar-refractivity contribution in [3.63, 3.8) is 0 Å². The number of rotatable bonds is 2. The highest BCUT2D eigenvalue weighted by Crippen LogP contribution is 2.39. The number of hydrogen-bond acceptors (Lipinski definition) is 2. The van der Waals surface area contributed by atoms with Gasteiger partial charge in [-0.1, -0.05) is 6.92 Å². The molecule has 2 atom stereocenters. The van der Waals surface area contributed by atoms with E-state index in [0.29, 0.717) is 0 Å². The lowest BCUT2D eigenvalue weighted by molar-refractivity contribution is 0.574. The zero-order valence-corrected chi connectivity index (χ0v) is 8.19. The quantitative estimate of drug-likeness (QED) is 0.710. The van der Waals surface area contributed by atoms with Crippen LogP contribution in [0.25, 0.3) is 0 Å². The molecule has 1 heterocycles. The monoisotopic (exact) mass is 183 g/mol. The van der Waals surface area contributed by atoms with Crippen LogP contribution in [-0.4, -0.2) is 14.8 Å². The first-order chi connectivity index (χ1) is 5.68. The molecule has 1 N–H and O–H groups in total. The molecule has 0 aliphatic heterocycles. The molecule has 0 spiro atoms. The zero-order valence-electron chi connectivity index (χ0n) is 7.37. The van der Waals surface area contributed by atoms with E-state index >= 15 is 0 Å². The summed E-state index contributed by atoms with van der Waals surface area (Å²) < 4.78 is 2.84. The maximum absolute atomic E-state index is 5.10. The molecule has 0 amide bonds. The SMILES string of the molecule is Cc1n[nH]c(=S)n1CC1CC1C. The van der Waals surface area contributed by atoms with Crippen LogP contribution < -0.4 is 0 Å². The van der Waals surface area contributed by atoms with Crippen LogP contribution >= 0.6 is 12.2 Å². The van der Waals surface area contributed by atoms with Gasteiger partial charge in [0.05, 0.1) is 0 Å². The second-order valence-electron chi connectivity index (χ2n) is 3.66. The summed E-state index contributed by atoms with van der Waals surface area (Å²) >= 11 is 5.10. The first-order valence-corrected chi connectivity index (χ1v) is 4.71. The Kier molecular flexibility index (Phi) is 1.79. The van der Waals surface area contributed by atoms with Crippen LogP contribution in [0, 0.1) is 23.5 Å². The van der Waals surface area contributed by atoms with E-state index in [1.165, 1.54) is 6.42 Å². The van der Waals surface area contributed by atoms with E-state index in [9.17, 15) is 0 Å². The molecule has 1 aromatic heterocycles. The molecule has 1 aromatic rings. The van der Waals surface area contributed by atoms with Gasteiger partial charge >= 0.3 is 0 Å². The van der Waals surface area contributed by atoms with Crippen molar-refractivity contribution in [3.8, 4) is 0 Å². The molecule has 0 saturated heterocycles. The standard InChI is InChI=1S/C8H13N3S/c1-5-3-7(5)4-11-6(2)9-10-8(11)12/h5,7H,3-4H2,1-2H3,(H,10,12). The lowest BCUT2D eigenvalue weighted by Crippen LogP contribution is -2.02. The second-order valence-corrected chi connectivity index (χ2v) is 4.05. The van der Waals surface area contributed by atoms with Crippen LogP contribution in [0.3, 0.4) is 0 Å². The smallest absolute Gasteiger partial charge is 0.195 e. The van der Waals surface area contributed by atoms with Crippen LogP contribution in [0.4, 0.5) is 0 Å². The maximum atomic E-state index is 5.10. The van der Waals surface area contributed by atoms with Crippen molar-refractivity contribution in [3.05, 3.63) is 10.6 Å². The third-order valence-electron chi connectivity index (χ3n) is 2.64. The molecule has 66 valence electrons. The predicted octanol–water partition coefficient (Wildman–Crippen LogP) is 1.91. The Hall–Kier alpha value is -0.640. The molecule has 1 aliphatic carbocycles.